The number of thiophene rings is 1. The fourth-order valence-electron chi connectivity index (χ4n) is 3.63. The molecule has 0 bridgehead atoms. The van der Waals surface area contributed by atoms with Crippen LogP contribution in [0.5, 0.6) is 0 Å². The maximum absolute atomic E-state index is 12.5. The highest BCUT2D eigenvalue weighted by molar-refractivity contribution is 7.89. The van der Waals surface area contributed by atoms with E-state index < -0.39 is 16.0 Å². The quantitative estimate of drug-likeness (QED) is 0.423. The summed E-state index contributed by atoms with van der Waals surface area (Å²) in [5, 5.41) is 0.989. The molecule has 1 aliphatic rings. The highest BCUT2D eigenvalue weighted by Crippen LogP contribution is 2.37. The van der Waals surface area contributed by atoms with Crippen LogP contribution in [-0.2, 0) is 34.2 Å². The molecule has 1 aliphatic carbocycles. The van der Waals surface area contributed by atoms with Crippen LogP contribution in [0.25, 0.3) is 10.2 Å². The van der Waals surface area contributed by atoms with E-state index in [1.807, 2.05) is 0 Å². The van der Waals surface area contributed by atoms with Crippen LogP contribution in [0.1, 0.15) is 45.9 Å². The second-order valence-corrected chi connectivity index (χ2v) is 10.6. The van der Waals surface area contributed by atoms with Crippen molar-refractivity contribution in [2.45, 2.75) is 43.6 Å². The van der Waals surface area contributed by atoms with Gasteiger partial charge in [0.15, 0.2) is 12.4 Å². The maximum Gasteiger partial charge on any atom is 0.340 e. The number of ether oxygens (including phenoxy) is 1. The summed E-state index contributed by atoms with van der Waals surface area (Å²) in [7, 11) is -2.45. The maximum atomic E-state index is 12.5. The van der Waals surface area contributed by atoms with Crippen molar-refractivity contribution in [3.05, 3.63) is 45.1 Å². The number of benzene rings is 1. The number of esters is 1. The molecule has 3 aromatic rings. The number of nitrogens with two attached hydrogens (primary N) is 1. The minimum Gasteiger partial charge on any atom is -0.454 e. The number of fused-ring (bicyclic) bond motifs is 3. The van der Waals surface area contributed by atoms with E-state index >= 15 is 0 Å². The molecule has 0 radical (unpaired) electrons. The van der Waals surface area contributed by atoms with Gasteiger partial charge < -0.3 is 10.5 Å². The van der Waals surface area contributed by atoms with Crippen molar-refractivity contribution in [3.63, 3.8) is 0 Å². The van der Waals surface area contributed by atoms with E-state index in [-0.39, 0.29) is 27.9 Å². The molecule has 0 amide bonds. The SMILES string of the molecule is CNS(=O)(=O)c1ccc(Cl)c(C(=O)OCc2nc(N)c3c4c(sc3n2)CCCCC4)c1. The number of carbonyl (C=O) groups excluding carboxylic acids is 1. The number of hydrogen-bond donors (Lipinski definition) is 2. The molecule has 3 N–H and O–H groups in total. The molecule has 31 heavy (non-hydrogen) atoms. The molecule has 11 heteroatoms. The molecule has 8 nitrogen and oxygen atoms in total. The molecule has 0 spiro atoms. The van der Waals surface area contributed by atoms with Crippen molar-refractivity contribution in [2.24, 2.45) is 0 Å². The molecule has 164 valence electrons. The van der Waals surface area contributed by atoms with E-state index in [0.717, 1.165) is 35.9 Å². The van der Waals surface area contributed by atoms with E-state index in [0.29, 0.717) is 5.82 Å². The number of rotatable bonds is 5. The summed E-state index contributed by atoms with van der Waals surface area (Å²) in [6, 6.07) is 3.82. The summed E-state index contributed by atoms with van der Waals surface area (Å²) in [6.45, 7) is -0.207. The molecule has 0 aliphatic heterocycles. The number of sulfonamides is 1. The molecule has 0 unspecified atom stereocenters. The molecule has 2 aromatic heterocycles. The summed E-state index contributed by atoms with van der Waals surface area (Å²) in [5.74, 6) is -0.108. The summed E-state index contributed by atoms with van der Waals surface area (Å²) in [4.78, 5) is 23.4. The third-order valence-corrected chi connectivity index (χ3v) is 8.14. The van der Waals surface area contributed by atoms with Gasteiger partial charge in [0.05, 0.1) is 20.9 Å². The number of nitrogens with one attached hydrogen (secondary N) is 1. The molecule has 0 atom stereocenters. The first kappa shape index (κ1) is 21.9. The molecule has 0 saturated heterocycles. The largest absolute Gasteiger partial charge is 0.454 e. The van der Waals surface area contributed by atoms with Gasteiger partial charge in [-0.3, -0.25) is 0 Å². The van der Waals surface area contributed by atoms with Gasteiger partial charge in [-0.05, 0) is 56.5 Å². The molecule has 0 fully saturated rings. The highest BCUT2D eigenvalue weighted by Gasteiger charge is 2.21. The second-order valence-electron chi connectivity index (χ2n) is 7.20. The Kier molecular flexibility index (Phi) is 6.16. The third-order valence-electron chi connectivity index (χ3n) is 5.21. The lowest BCUT2D eigenvalue weighted by atomic mass is 10.1. The number of anilines is 1. The molecule has 4 rings (SSSR count). The number of halogens is 1. The Morgan fingerprint density at radius 1 is 1.26 bits per heavy atom. The molecule has 1 aromatic carbocycles. The molecule has 0 saturated carbocycles. The van der Waals surface area contributed by atoms with Crippen LogP contribution in [0.15, 0.2) is 23.1 Å². The standard InChI is InChI=1S/C20H21ClN4O4S2/c1-23-31(27,28)11-7-8-14(21)13(9-11)20(26)29-10-16-24-18(22)17-12-5-3-2-4-6-15(12)30-19(17)25-16/h7-9,23H,2-6,10H2,1H3,(H2,22,24,25). The van der Waals surface area contributed by atoms with Crippen molar-refractivity contribution < 1.29 is 17.9 Å². The summed E-state index contributed by atoms with van der Waals surface area (Å²) < 4.78 is 31.5. The van der Waals surface area contributed by atoms with E-state index in [1.54, 1.807) is 11.3 Å². The summed E-state index contributed by atoms with van der Waals surface area (Å²) in [6.07, 6.45) is 5.48. The minimum atomic E-state index is -3.73. The van der Waals surface area contributed by atoms with E-state index in [4.69, 9.17) is 22.1 Å². The van der Waals surface area contributed by atoms with Crippen LogP contribution in [0.2, 0.25) is 5.02 Å². The van der Waals surface area contributed by atoms with E-state index in [1.165, 1.54) is 42.1 Å². The van der Waals surface area contributed by atoms with Crippen molar-refractivity contribution in [1.29, 1.82) is 0 Å². The Balaban J connectivity index is 1.57. The van der Waals surface area contributed by atoms with Crippen LogP contribution in [0.4, 0.5) is 5.82 Å². The summed E-state index contributed by atoms with van der Waals surface area (Å²) in [5.41, 5.74) is 7.40. The first-order valence-corrected chi connectivity index (χ1v) is 12.4. The third kappa shape index (κ3) is 4.38. The lowest BCUT2D eigenvalue weighted by molar-refractivity contribution is 0.0462. The van der Waals surface area contributed by atoms with Crippen molar-refractivity contribution in [3.8, 4) is 0 Å². The Labute approximate surface area is 188 Å². The van der Waals surface area contributed by atoms with Crippen LogP contribution in [0, 0.1) is 0 Å². The van der Waals surface area contributed by atoms with Gasteiger partial charge in [0.1, 0.15) is 10.6 Å². The van der Waals surface area contributed by atoms with Crippen LogP contribution >= 0.6 is 22.9 Å². The van der Waals surface area contributed by atoms with Crippen molar-refractivity contribution in [2.75, 3.05) is 12.8 Å². The lowest BCUT2D eigenvalue weighted by Gasteiger charge is -2.09. The van der Waals surface area contributed by atoms with Gasteiger partial charge in [-0.1, -0.05) is 18.0 Å². The monoisotopic (exact) mass is 480 g/mol. The molecular weight excluding hydrogens is 460 g/mol. The van der Waals surface area contributed by atoms with Gasteiger partial charge >= 0.3 is 5.97 Å². The van der Waals surface area contributed by atoms with Gasteiger partial charge in [0, 0.05) is 4.88 Å². The minimum absolute atomic E-state index is 0.0603. The molecular formula is C20H21ClN4O4S2. The van der Waals surface area contributed by atoms with Crippen LogP contribution < -0.4 is 10.5 Å². The first-order valence-electron chi connectivity index (χ1n) is 9.77. The zero-order valence-electron chi connectivity index (χ0n) is 16.8. The lowest BCUT2D eigenvalue weighted by Crippen LogP contribution is -2.19. The number of aryl methyl sites for hydroxylation is 2. The Morgan fingerprint density at radius 3 is 2.81 bits per heavy atom. The average molecular weight is 481 g/mol. The fourth-order valence-corrected chi connectivity index (χ4v) is 5.87. The predicted molar refractivity (Wildman–Crippen MR) is 120 cm³/mol. The zero-order valence-corrected chi connectivity index (χ0v) is 19.2. The van der Waals surface area contributed by atoms with Crippen LogP contribution in [0.3, 0.4) is 0 Å². The topological polar surface area (TPSA) is 124 Å². The van der Waals surface area contributed by atoms with Gasteiger partial charge in [-0.2, -0.15) is 0 Å². The van der Waals surface area contributed by atoms with E-state index in [2.05, 4.69) is 14.7 Å². The number of aromatic nitrogens is 2. The highest BCUT2D eigenvalue weighted by atomic mass is 35.5. The van der Waals surface area contributed by atoms with E-state index in [9.17, 15) is 13.2 Å². The van der Waals surface area contributed by atoms with Crippen molar-refractivity contribution in [1.82, 2.24) is 14.7 Å². The van der Waals surface area contributed by atoms with Gasteiger partial charge in [-0.25, -0.2) is 27.9 Å². The average Bonchev–Trinajstić information content (AvgIpc) is 2.94. The van der Waals surface area contributed by atoms with Gasteiger partial charge in [0.2, 0.25) is 10.0 Å². The number of hydrogen-bond acceptors (Lipinski definition) is 8. The van der Waals surface area contributed by atoms with Crippen molar-refractivity contribution >= 4 is 55.0 Å². The second kappa shape index (κ2) is 8.70. The first-order chi connectivity index (χ1) is 14.8. The zero-order chi connectivity index (χ0) is 22.2. The number of nitrogens with zero attached hydrogens (tertiary/aromatic N) is 2. The normalized spacial score (nSPS) is 14.3. The number of carbonyl (C=O) groups is 1. The molecule has 2 heterocycles. The Bertz CT molecular complexity index is 1270. The fraction of sp³-hybridized carbons (Fsp3) is 0.350. The Morgan fingerprint density at radius 2 is 2.03 bits per heavy atom. The van der Waals surface area contributed by atoms with Gasteiger partial charge in [-0.15, -0.1) is 11.3 Å². The van der Waals surface area contributed by atoms with Gasteiger partial charge in [0.25, 0.3) is 0 Å². The predicted octanol–water partition coefficient (Wildman–Crippen LogP) is 3.46. The van der Waals surface area contributed by atoms with Crippen LogP contribution in [-0.4, -0.2) is 31.4 Å². The number of nitrogen functional groups attached to an aromatic ring is 1. The Hall–Kier alpha value is -2.27. The smallest absolute Gasteiger partial charge is 0.340 e. The summed E-state index contributed by atoms with van der Waals surface area (Å²) >= 11 is 7.69.